The average Bonchev–Trinajstić information content (AvgIpc) is 1.35. The molecule has 0 heterocycles. The van der Waals surface area contributed by atoms with Crippen molar-refractivity contribution in [2.24, 2.45) is 0 Å². The van der Waals surface area contributed by atoms with E-state index in [9.17, 15) is 0 Å². The van der Waals surface area contributed by atoms with Gasteiger partial charge in [0.05, 0.1) is 7.11 Å². The molecule has 6 heavy (non-hydrogen) atoms. The van der Waals surface area contributed by atoms with Crippen molar-refractivity contribution in [3.05, 3.63) is 0 Å². The summed E-state index contributed by atoms with van der Waals surface area (Å²) in [5.74, 6) is 0. The number of hydrogen-bond donors (Lipinski definition) is 2. The predicted molar refractivity (Wildman–Crippen MR) is 25.4 cm³/mol. The largest absolute Gasteiger partial charge is 0.485 e. The summed E-state index contributed by atoms with van der Waals surface area (Å²) < 4.78 is 0. The molecule has 36 valence electrons. The Bertz CT molecular complexity index is 55.5. The smallest absolute Gasteiger partial charge is 0.278 e. The maximum absolute atomic E-state index is 8.05. The van der Waals surface area contributed by atoms with E-state index < -0.39 is 0 Å². The van der Waals surface area contributed by atoms with Crippen LogP contribution in [-0.4, -0.2) is 17.4 Å². The third-order valence-corrected chi connectivity index (χ3v) is 0.273. The fourth-order valence-corrected chi connectivity index (χ4v) is 0.171. The molecule has 0 aromatic rings. The maximum atomic E-state index is 8.05. The van der Waals surface area contributed by atoms with Gasteiger partial charge in [0, 0.05) is 0 Å². The second-order valence-corrected chi connectivity index (χ2v) is 0.998. The van der Waals surface area contributed by atoms with Gasteiger partial charge in [-0.15, -0.1) is 0 Å². The van der Waals surface area contributed by atoms with Crippen LogP contribution in [0.4, 0.5) is 0 Å². The Morgan fingerprint density at radius 1 is 2.00 bits per heavy atom. The van der Waals surface area contributed by atoms with Gasteiger partial charge in [0.15, 0.2) is 0 Å². The van der Waals surface area contributed by atoms with Crippen LogP contribution in [0.15, 0.2) is 0 Å². The highest BCUT2D eigenvalue weighted by atomic mass is 32.1. The summed E-state index contributed by atoms with van der Waals surface area (Å²) in [5, 5.41) is 7.70. The number of aliphatic hydroxyl groups is 1. The molecule has 0 aliphatic rings. The third kappa shape index (κ3) is 3.65. The lowest BCUT2D eigenvalue weighted by Crippen LogP contribution is -2.17. The Balaban J connectivity index is 2.83. The van der Waals surface area contributed by atoms with Crippen molar-refractivity contribution in [3.8, 4) is 0 Å². The van der Waals surface area contributed by atoms with E-state index in [-0.39, 0.29) is 5.17 Å². The Kier molecular flexibility index (Phi) is 2.70. The van der Waals surface area contributed by atoms with E-state index in [2.05, 4.69) is 17.1 Å². The minimum absolute atomic E-state index is 0.350. The molecular weight excluding hydrogens is 102 g/mol. The average molecular weight is 107 g/mol. The van der Waals surface area contributed by atoms with Gasteiger partial charge < -0.3 is 5.11 Å². The first-order valence-electron chi connectivity index (χ1n) is 1.29. The van der Waals surface area contributed by atoms with E-state index in [1.54, 1.807) is 0 Å². The van der Waals surface area contributed by atoms with E-state index in [1.807, 2.05) is 5.48 Å². The third-order valence-electron chi connectivity index (χ3n) is 0.189. The fourth-order valence-electron chi connectivity index (χ4n) is 0.0873. The molecule has 0 radical (unpaired) electrons. The first-order valence-corrected chi connectivity index (χ1v) is 1.70. The van der Waals surface area contributed by atoms with Gasteiger partial charge in [-0.2, -0.15) is 0 Å². The number of nitrogens with one attached hydrogen (secondary N) is 1. The van der Waals surface area contributed by atoms with Crippen molar-refractivity contribution in [2.45, 2.75) is 0 Å². The molecule has 0 unspecified atom stereocenters. The van der Waals surface area contributed by atoms with Crippen LogP contribution in [0.25, 0.3) is 0 Å². The van der Waals surface area contributed by atoms with Crippen molar-refractivity contribution >= 4 is 17.4 Å². The second-order valence-electron chi connectivity index (χ2n) is 0.611. The zero-order valence-corrected chi connectivity index (χ0v) is 4.08. The van der Waals surface area contributed by atoms with Gasteiger partial charge in [0.2, 0.25) is 0 Å². The molecule has 0 saturated carbocycles. The summed E-state index contributed by atoms with van der Waals surface area (Å²) in [6, 6.07) is 0. The van der Waals surface area contributed by atoms with Gasteiger partial charge in [-0.1, -0.05) is 0 Å². The van der Waals surface area contributed by atoms with Crippen molar-refractivity contribution in [3.63, 3.8) is 0 Å². The lowest BCUT2D eigenvalue weighted by atomic mass is 11.3. The molecule has 0 bridgehead atoms. The lowest BCUT2D eigenvalue weighted by molar-refractivity contribution is 0.131. The van der Waals surface area contributed by atoms with Gasteiger partial charge in [-0.25, -0.2) is 5.48 Å². The SMILES string of the molecule is CONC(O)=S. The first-order chi connectivity index (χ1) is 2.77. The molecule has 2 N–H and O–H groups in total. The normalized spacial score (nSPS) is 7.50. The molecule has 0 amide bonds. The number of thiocarbonyl (C=S) groups is 1. The molecule has 0 aromatic heterocycles. The Morgan fingerprint density at radius 2 is 2.50 bits per heavy atom. The highest BCUT2D eigenvalue weighted by Gasteiger charge is 1.77. The van der Waals surface area contributed by atoms with Crippen LogP contribution in [0.1, 0.15) is 0 Å². The Hall–Kier alpha value is -0.350. The van der Waals surface area contributed by atoms with Crippen LogP contribution >= 0.6 is 12.2 Å². The number of aliphatic hydroxyl groups excluding tert-OH is 1. The summed E-state index contributed by atoms with van der Waals surface area (Å²) in [5.41, 5.74) is 2.00. The predicted octanol–water partition coefficient (Wildman–Crippen LogP) is -0.0197. The quantitative estimate of drug-likeness (QED) is 0.365. The summed E-state index contributed by atoms with van der Waals surface area (Å²) in [4.78, 5) is 4.16. The van der Waals surface area contributed by atoms with Gasteiger partial charge in [0.1, 0.15) is 0 Å². The minimum Gasteiger partial charge on any atom is -0.485 e. The molecular formula is C2H5NO2S. The van der Waals surface area contributed by atoms with Crippen LogP contribution in [-0.2, 0) is 4.84 Å². The first kappa shape index (κ1) is 5.65. The maximum Gasteiger partial charge on any atom is 0.278 e. The van der Waals surface area contributed by atoms with E-state index in [4.69, 9.17) is 5.11 Å². The van der Waals surface area contributed by atoms with Crippen molar-refractivity contribution < 1.29 is 9.94 Å². The highest BCUT2D eigenvalue weighted by Crippen LogP contribution is 1.56. The van der Waals surface area contributed by atoms with E-state index >= 15 is 0 Å². The highest BCUT2D eigenvalue weighted by molar-refractivity contribution is 7.79. The van der Waals surface area contributed by atoms with Gasteiger partial charge in [0.25, 0.3) is 5.17 Å². The number of rotatable bonds is 1. The second kappa shape index (κ2) is 2.87. The zero-order valence-electron chi connectivity index (χ0n) is 3.26. The molecule has 0 atom stereocenters. The molecule has 0 rings (SSSR count). The van der Waals surface area contributed by atoms with Crippen LogP contribution in [0.2, 0.25) is 0 Å². The van der Waals surface area contributed by atoms with Gasteiger partial charge in [-0.05, 0) is 12.2 Å². The zero-order chi connectivity index (χ0) is 4.99. The van der Waals surface area contributed by atoms with Crippen LogP contribution < -0.4 is 5.48 Å². The van der Waals surface area contributed by atoms with Crippen molar-refractivity contribution in [1.82, 2.24) is 5.48 Å². The fraction of sp³-hybridized carbons (Fsp3) is 0.500. The Morgan fingerprint density at radius 3 is 2.50 bits per heavy atom. The summed E-state index contributed by atoms with van der Waals surface area (Å²) >= 11 is 4.11. The van der Waals surface area contributed by atoms with Gasteiger partial charge >= 0.3 is 0 Å². The summed E-state index contributed by atoms with van der Waals surface area (Å²) in [7, 11) is 1.36. The van der Waals surface area contributed by atoms with E-state index in [0.717, 1.165) is 0 Å². The van der Waals surface area contributed by atoms with Crippen molar-refractivity contribution in [2.75, 3.05) is 7.11 Å². The monoisotopic (exact) mass is 107 g/mol. The standard InChI is InChI=1S/C2H5NO2S/c1-5-3-2(4)6/h1H3,(H2,3,4,6). The van der Waals surface area contributed by atoms with Gasteiger partial charge in [-0.3, -0.25) is 4.84 Å². The molecule has 4 heteroatoms. The topological polar surface area (TPSA) is 41.5 Å². The molecule has 0 aliphatic carbocycles. The molecule has 0 aliphatic heterocycles. The van der Waals surface area contributed by atoms with Crippen molar-refractivity contribution in [1.29, 1.82) is 0 Å². The minimum atomic E-state index is -0.350. The summed E-state index contributed by atoms with van der Waals surface area (Å²) in [6.07, 6.45) is 0. The van der Waals surface area contributed by atoms with E-state index in [1.165, 1.54) is 7.11 Å². The Labute approximate surface area is 40.9 Å². The van der Waals surface area contributed by atoms with Crippen LogP contribution in [0, 0.1) is 0 Å². The molecule has 3 nitrogen and oxygen atoms in total. The van der Waals surface area contributed by atoms with Crippen LogP contribution in [0.3, 0.4) is 0 Å². The number of hydrogen-bond acceptors (Lipinski definition) is 2. The van der Waals surface area contributed by atoms with Crippen LogP contribution in [0.5, 0.6) is 0 Å². The molecule has 0 fully saturated rings. The molecule has 0 saturated heterocycles. The number of hydroxylamine groups is 1. The van der Waals surface area contributed by atoms with E-state index in [0.29, 0.717) is 0 Å². The summed E-state index contributed by atoms with van der Waals surface area (Å²) in [6.45, 7) is 0. The lowest BCUT2D eigenvalue weighted by Gasteiger charge is -1.92. The molecule has 0 aromatic carbocycles. The molecule has 0 spiro atoms.